The summed E-state index contributed by atoms with van der Waals surface area (Å²) < 4.78 is 79.4. The maximum atomic E-state index is 13.4. The van der Waals surface area contributed by atoms with Crippen LogP contribution in [-0.4, -0.2) is 34.0 Å². The largest absolute Gasteiger partial charge is 0.417 e. The Hall–Kier alpha value is -2.23. The molecule has 0 saturated carbocycles. The van der Waals surface area contributed by atoms with Gasteiger partial charge in [-0.1, -0.05) is 0 Å². The fourth-order valence-electron chi connectivity index (χ4n) is 3.88. The predicted octanol–water partition coefficient (Wildman–Crippen LogP) is 4.22. The van der Waals surface area contributed by atoms with Crippen molar-refractivity contribution < 1.29 is 31.4 Å². The molecule has 4 nitrogen and oxygen atoms in total. The minimum Gasteiger partial charge on any atom is -0.382 e. The van der Waals surface area contributed by atoms with E-state index in [-0.39, 0.29) is 23.0 Å². The van der Waals surface area contributed by atoms with Crippen molar-refractivity contribution in [3.05, 3.63) is 40.2 Å². The third-order valence-electron chi connectivity index (χ3n) is 5.15. The zero-order valence-electron chi connectivity index (χ0n) is 14.9. The molecule has 3 rings (SSSR count). The monoisotopic (exact) mass is 408 g/mol. The van der Waals surface area contributed by atoms with E-state index >= 15 is 0 Å². The van der Waals surface area contributed by atoms with E-state index in [1.54, 1.807) is 13.8 Å². The number of aliphatic hydroxyl groups is 1. The molecule has 0 aliphatic carbocycles. The summed E-state index contributed by atoms with van der Waals surface area (Å²) in [5, 5.41) is 9.46. The van der Waals surface area contributed by atoms with Gasteiger partial charge in [0.25, 0.3) is 0 Å². The molecule has 2 N–H and O–H groups in total. The van der Waals surface area contributed by atoms with Gasteiger partial charge in [0.05, 0.1) is 11.6 Å². The third kappa shape index (κ3) is 3.57. The van der Waals surface area contributed by atoms with Gasteiger partial charge < -0.3 is 15.0 Å². The summed E-state index contributed by atoms with van der Waals surface area (Å²) in [7, 11) is 0. The lowest BCUT2D eigenvalue weighted by molar-refractivity contribution is -0.209. The summed E-state index contributed by atoms with van der Waals surface area (Å²) in [4.78, 5) is 15.1. The molecule has 154 valence electrons. The summed E-state index contributed by atoms with van der Waals surface area (Å²) in [6, 6.07) is 2.78. The first-order chi connectivity index (χ1) is 12.7. The number of aromatic amines is 1. The Balaban J connectivity index is 2.18. The van der Waals surface area contributed by atoms with Crippen LogP contribution >= 0.6 is 0 Å². The van der Waals surface area contributed by atoms with Crippen molar-refractivity contribution in [3.63, 3.8) is 0 Å². The van der Waals surface area contributed by atoms with Crippen LogP contribution < -0.4 is 10.5 Å². The quantitative estimate of drug-likeness (QED) is 0.732. The van der Waals surface area contributed by atoms with Gasteiger partial charge in [-0.15, -0.1) is 0 Å². The van der Waals surface area contributed by atoms with E-state index < -0.39 is 41.2 Å². The summed E-state index contributed by atoms with van der Waals surface area (Å²) in [6.07, 6.45) is -12.0. The molecule has 28 heavy (non-hydrogen) atoms. The van der Waals surface area contributed by atoms with Crippen molar-refractivity contribution in [1.29, 1.82) is 0 Å². The molecule has 2 heterocycles. The fraction of sp³-hybridized carbons (Fsp3) is 0.500. The molecule has 0 bridgehead atoms. The van der Waals surface area contributed by atoms with Crippen LogP contribution in [0.1, 0.15) is 32.3 Å². The van der Waals surface area contributed by atoms with Crippen LogP contribution in [0, 0.1) is 0 Å². The van der Waals surface area contributed by atoms with Crippen LogP contribution in [0.3, 0.4) is 0 Å². The Bertz CT molecular complexity index is 948. The number of hydrogen-bond donors (Lipinski definition) is 2. The second-order valence-electron chi connectivity index (χ2n) is 7.55. The lowest BCUT2D eigenvalue weighted by Crippen LogP contribution is -2.52. The topological polar surface area (TPSA) is 56.3 Å². The molecule has 2 aromatic rings. The number of nitrogens with one attached hydrogen (secondary N) is 1. The van der Waals surface area contributed by atoms with Crippen molar-refractivity contribution in [3.8, 4) is 0 Å². The lowest BCUT2D eigenvalue weighted by Gasteiger charge is -2.40. The van der Waals surface area contributed by atoms with Crippen LogP contribution in [0.25, 0.3) is 10.9 Å². The highest BCUT2D eigenvalue weighted by atomic mass is 19.4. The second-order valence-corrected chi connectivity index (χ2v) is 7.55. The van der Waals surface area contributed by atoms with Gasteiger partial charge in [-0.2, -0.15) is 26.3 Å². The molecule has 1 aromatic heterocycles. The molecular weight excluding hydrogens is 390 g/mol. The number of aliphatic hydroxyl groups excluding tert-OH is 1. The number of fused-ring (bicyclic) bond motifs is 1. The molecule has 1 saturated heterocycles. The molecule has 1 aliphatic heterocycles. The normalized spacial score (nSPS) is 21.3. The number of pyridine rings is 1. The summed E-state index contributed by atoms with van der Waals surface area (Å²) in [5.41, 5.74) is -2.88. The molecule has 1 aliphatic rings. The van der Waals surface area contributed by atoms with Gasteiger partial charge in [0.2, 0.25) is 5.56 Å². The predicted molar refractivity (Wildman–Crippen MR) is 91.2 cm³/mol. The van der Waals surface area contributed by atoms with E-state index in [2.05, 4.69) is 4.98 Å². The Morgan fingerprint density at radius 1 is 1.18 bits per heavy atom. The number of halogens is 6. The van der Waals surface area contributed by atoms with Gasteiger partial charge in [0.15, 0.2) is 6.10 Å². The number of aromatic nitrogens is 1. The number of anilines is 1. The average Bonchev–Trinajstić information content (AvgIpc) is 2.86. The van der Waals surface area contributed by atoms with Gasteiger partial charge in [0.1, 0.15) is 0 Å². The standard InChI is InChI=1S/C18H18F6N2O2/c1-16(2)6-5-13(15(28)18(22,23)24)26(16)9-3-4-12-10(7-9)11(17(19,20)21)8-14(27)25-12/h3-4,7-8,13,15,28H,5-6H2,1-2H3,(H,25,27). The first-order valence-electron chi connectivity index (χ1n) is 8.50. The van der Waals surface area contributed by atoms with Crippen molar-refractivity contribution in [2.75, 3.05) is 4.90 Å². The highest BCUT2D eigenvalue weighted by Crippen LogP contribution is 2.43. The number of nitrogens with zero attached hydrogens (tertiary/aromatic N) is 1. The summed E-state index contributed by atoms with van der Waals surface area (Å²) in [5.74, 6) is 0. The first-order valence-corrected chi connectivity index (χ1v) is 8.50. The Morgan fingerprint density at radius 3 is 2.39 bits per heavy atom. The van der Waals surface area contributed by atoms with Crippen molar-refractivity contribution in [2.24, 2.45) is 0 Å². The maximum absolute atomic E-state index is 13.4. The van der Waals surface area contributed by atoms with Crippen LogP contribution in [0.4, 0.5) is 32.0 Å². The minimum absolute atomic E-state index is 0.0312. The van der Waals surface area contributed by atoms with Crippen molar-refractivity contribution >= 4 is 16.6 Å². The van der Waals surface area contributed by atoms with Crippen LogP contribution in [0.2, 0.25) is 0 Å². The Kier molecular flexibility index (Phi) is 4.68. The number of H-pyrrole nitrogens is 1. The molecule has 0 amide bonds. The number of hydrogen-bond acceptors (Lipinski definition) is 3. The molecule has 1 fully saturated rings. The van der Waals surface area contributed by atoms with Gasteiger partial charge >= 0.3 is 12.4 Å². The van der Waals surface area contributed by atoms with Crippen LogP contribution in [0.5, 0.6) is 0 Å². The molecule has 10 heteroatoms. The number of benzene rings is 1. The third-order valence-corrected chi connectivity index (χ3v) is 5.15. The van der Waals surface area contributed by atoms with E-state index in [1.807, 2.05) is 0 Å². The zero-order valence-corrected chi connectivity index (χ0v) is 14.9. The Morgan fingerprint density at radius 2 is 1.82 bits per heavy atom. The average molecular weight is 408 g/mol. The molecule has 0 radical (unpaired) electrons. The number of rotatable bonds is 2. The van der Waals surface area contributed by atoms with Crippen molar-refractivity contribution in [1.82, 2.24) is 4.98 Å². The lowest BCUT2D eigenvalue weighted by atomic mass is 10.0. The smallest absolute Gasteiger partial charge is 0.382 e. The van der Waals surface area contributed by atoms with E-state index in [1.165, 1.54) is 17.0 Å². The van der Waals surface area contributed by atoms with E-state index in [9.17, 15) is 36.2 Å². The van der Waals surface area contributed by atoms with E-state index in [0.717, 1.165) is 6.07 Å². The highest BCUT2D eigenvalue weighted by molar-refractivity contribution is 5.86. The van der Waals surface area contributed by atoms with Gasteiger partial charge in [-0.05, 0) is 44.9 Å². The zero-order chi connectivity index (χ0) is 21.1. The fourth-order valence-corrected chi connectivity index (χ4v) is 3.88. The molecule has 1 aromatic carbocycles. The Labute approximate surface area is 155 Å². The minimum atomic E-state index is -4.86. The van der Waals surface area contributed by atoms with Crippen LogP contribution in [-0.2, 0) is 6.18 Å². The van der Waals surface area contributed by atoms with Gasteiger partial charge in [-0.3, -0.25) is 4.79 Å². The molecular formula is C18H18F6N2O2. The van der Waals surface area contributed by atoms with Crippen molar-refractivity contribution in [2.45, 2.75) is 56.7 Å². The van der Waals surface area contributed by atoms with E-state index in [4.69, 9.17) is 0 Å². The molecule has 2 atom stereocenters. The highest BCUT2D eigenvalue weighted by Gasteiger charge is 2.51. The second kappa shape index (κ2) is 6.40. The molecule has 0 spiro atoms. The molecule has 2 unspecified atom stereocenters. The maximum Gasteiger partial charge on any atom is 0.417 e. The number of alkyl halides is 6. The first kappa shape index (κ1) is 20.5. The SMILES string of the molecule is CC1(C)CCC(C(O)C(F)(F)F)N1c1ccc2[nH]c(=O)cc(C(F)(F)F)c2c1. The van der Waals surface area contributed by atoms with Crippen LogP contribution in [0.15, 0.2) is 29.1 Å². The summed E-state index contributed by atoms with van der Waals surface area (Å²) in [6.45, 7) is 3.33. The van der Waals surface area contributed by atoms with E-state index in [0.29, 0.717) is 12.5 Å². The summed E-state index contributed by atoms with van der Waals surface area (Å²) >= 11 is 0. The van der Waals surface area contributed by atoms with Gasteiger partial charge in [0, 0.05) is 28.2 Å². The van der Waals surface area contributed by atoms with Gasteiger partial charge in [-0.25, -0.2) is 0 Å².